The molecule has 172 valence electrons. The van der Waals surface area contributed by atoms with Gasteiger partial charge in [0, 0.05) is 18.5 Å². The minimum atomic E-state index is -1.43. The summed E-state index contributed by atoms with van der Waals surface area (Å²) in [5, 5.41) is 13.7. The Bertz CT molecular complexity index is 1240. The van der Waals surface area contributed by atoms with Crippen LogP contribution in [-0.4, -0.2) is 36.2 Å². The number of fused-ring (bicyclic) bond motifs is 3. The molecule has 3 aromatic carbocycles. The lowest BCUT2D eigenvalue weighted by molar-refractivity contribution is -0.112. The number of rotatable bonds is 7. The third-order valence-corrected chi connectivity index (χ3v) is 5.46. The van der Waals surface area contributed by atoms with E-state index >= 15 is 0 Å². The molecule has 0 bridgehead atoms. The van der Waals surface area contributed by atoms with E-state index in [4.69, 9.17) is 9.84 Å². The highest BCUT2D eigenvalue weighted by molar-refractivity contribution is 6.00. The van der Waals surface area contributed by atoms with Crippen LogP contribution in [-0.2, 0) is 9.53 Å². The van der Waals surface area contributed by atoms with Gasteiger partial charge in [-0.25, -0.2) is 14.0 Å². The summed E-state index contributed by atoms with van der Waals surface area (Å²) in [5.74, 6) is -3.20. The van der Waals surface area contributed by atoms with Gasteiger partial charge in [0.15, 0.2) is 5.82 Å². The van der Waals surface area contributed by atoms with Gasteiger partial charge in [-0.15, -0.1) is 0 Å². The number of hydrogen-bond donors (Lipinski definition) is 3. The van der Waals surface area contributed by atoms with Crippen LogP contribution in [0.25, 0.3) is 11.1 Å². The van der Waals surface area contributed by atoms with Gasteiger partial charge in [-0.3, -0.25) is 4.79 Å². The number of carboxylic acid groups (broad SMARTS) is 1. The summed E-state index contributed by atoms with van der Waals surface area (Å²) < 4.78 is 19.5. The van der Waals surface area contributed by atoms with Gasteiger partial charge in [0.05, 0.1) is 11.3 Å². The number of benzene rings is 3. The van der Waals surface area contributed by atoms with Gasteiger partial charge in [0.25, 0.3) is 0 Å². The van der Waals surface area contributed by atoms with Crippen molar-refractivity contribution in [2.45, 2.75) is 5.92 Å². The fraction of sp³-hybridized carbons (Fsp3) is 0.115. The fourth-order valence-corrected chi connectivity index (χ4v) is 3.93. The molecule has 0 radical (unpaired) electrons. The first-order chi connectivity index (χ1) is 16.5. The van der Waals surface area contributed by atoms with Crippen molar-refractivity contribution in [2.75, 3.05) is 18.5 Å². The van der Waals surface area contributed by atoms with E-state index in [0.29, 0.717) is 0 Å². The number of hydrogen-bond acceptors (Lipinski definition) is 4. The zero-order valence-electron chi connectivity index (χ0n) is 18.0. The van der Waals surface area contributed by atoms with E-state index in [-0.39, 0.29) is 24.8 Å². The number of carbonyl (C=O) groups excluding carboxylic acids is 2. The third-order valence-electron chi connectivity index (χ3n) is 5.46. The van der Waals surface area contributed by atoms with E-state index in [9.17, 15) is 18.8 Å². The quantitative estimate of drug-likeness (QED) is 0.449. The van der Waals surface area contributed by atoms with Crippen LogP contribution in [0, 0.1) is 5.82 Å². The topological polar surface area (TPSA) is 105 Å². The van der Waals surface area contributed by atoms with Crippen molar-refractivity contribution >= 4 is 23.7 Å². The van der Waals surface area contributed by atoms with Crippen LogP contribution in [0.2, 0.25) is 0 Å². The molecule has 0 saturated heterocycles. The number of carbonyl (C=O) groups is 3. The maximum Gasteiger partial charge on any atom is 0.407 e. The molecule has 34 heavy (non-hydrogen) atoms. The largest absolute Gasteiger partial charge is 0.478 e. The predicted octanol–water partition coefficient (Wildman–Crippen LogP) is 4.56. The lowest BCUT2D eigenvalue weighted by atomic mass is 9.98. The smallest absolute Gasteiger partial charge is 0.407 e. The average molecular weight is 460 g/mol. The Kier molecular flexibility index (Phi) is 6.68. The van der Waals surface area contributed by atoms with Crippen molar-refractivity contribution in [3.8, 4) is 11.1 Å². The number of ether oxygens (including phenoxy) is 1. The molecule has 2 amide bonds. The van der Waals surface area contributed by atoms with Crippen LogP contribution in [0.1, 0.15) is 27.4 Å². The SMILES string of the molecule is O=C(/C=C/CNC(=O)OCC1c2ccccc2-c2ccccc21)Nc1cccc(C(=O)O)c1F. The second-order valence-corrected chi connectivity index (χ2v) is 7.57. The van der Waals surface area contributed by atoms with Crippen LogP contribution in [0.15, 0.2) is 78.9 Å². The normalized spacial score (nSPS) is 12.1. The van der Waals surface area contributed by atoms with Crippen molar-refractivity contribution in [1.82, 2.24) is 5.32 Å². The second kappa shape index (κ2) is 9.99. The zero-order chi connectivity index (χ0) is 24.1. The zero-order valence-corrected chi connectivity index (χ0v) is 18.0. The average Bonchev–Trinajstić information content (AvgIpc) is 3.15. The maximum absolute atomic E-state index is 14.1. The first-order valence-electron chi connectivity index (χ1n) is 10.5. The van der Waals surface area contributed by atoms with Gasteiger partial charge in [-0.05, 0) is 34.4 Å². The van der Waals surface area contributed by atoms with Crippen LogP contribution < -0.4 is 10.6 Å². The Labute approximate surface area is 194 Å². The van der Waals surface area contributed by atoms with Gasteiger partial charge >= 0.3 is 12.1 Å². The minimum absolute atomic E-state index is 0.0156. The standard InChI is InChI=1S/C26H21FN2O5/c27-24-20(25(31)32)11-5-12-22(24)29-23(30)13-6-14-28-26(33)34-15-21-18-9-3-1-7-16(18)17-8-2-4-10-19(17)21/h1-13,21H,14-15H2,(H,28,33)(H,29,30)(H,31,32)/b13-6+. The first kappa shape index (κ1) is 22.7. The number of anilines is 1. The molecule has 0 unspecified atom stereocenters. The lowest BCUT2D eigenvalue weighted by Gasteiger charge is -2.14. The molecule has 1 aliphatic carbocycles. The number of carboxylic acids is 1. The van der Waals surface area contributed by atoms with Gasteiger partial charge < -0.3 is 20.5 Å². The Hall–Kier alpha value is -4.46. The molecule has 0 fully saturated rings. The van der Waals surface area contributed by atoms with Crippen LogP contribution >= 0.6 is 0 Å². The van der Waals surface area contributed by atoms with E-state index in [0.717, 1.165) is 34.4 Å². The molecule has 0 aromatic heterocycles. The van der Waals surface area contributed by atoms with E-state index in [1.54, 1.807) is 0 Å². The molecular weight excluding hydrogens is 439 g/mol. The number of alkyl carbamates (subject to hydrolysis) is 1. The summed E-state index contributed by atoms with van der Waals surface area (Å²) >= 11 is 0. The van der Waals surface area contributed by atoms with Gasteiger partial charge in [0.1, 0.15) is 6.61 Å². The number of aromatic carboxylic acids is 1. The summed E-state index contributed by atoms with van der Waals surface area (Å²) in [4.78, 5) is 35.1. The Balaban J connectivity index is 1.27. The second-order valence-electron chi connectivity index (χ2n) is 7.57. The molecule has 1 aliphatic rings. The molecule has 0 aliphatic heterocycles. The van der Waals surface area contributed by atoms with Crippen molar-refractivity contribution in [2.24, 2.45) is 0 Å². The predicted molar refractivity (Wildman–Crippen MR) is 124 cm³/mol. The molecule has 4 rings (SSSR count). The van der Waals surface area contributed by atoms with Crippen molar-refractivity contribution in [3.05, 3.63) is 101 Å². The van der Waals surface area contributed by atoms with E-state index < -0.39 is 29.4 Å². The van der Waals surface area contributed by atoms with Gasteiger partial charge in [-0.1, -0.05) is 60.7 Å². The molecule has 0 heterocycles. The summed E-state index contributed by atoms with van der Waals surface area (Å²) in [6, 6.07) is 19.7. The van der Waals surface area contributed by atoms with Crippen molar-refractivity contribution in [3.63, 3.8) is 0 Å². The van der Waals surface area contributed by atoms with Crippen LogP contribution in [0.4, 0.5) is 14.9 Å². The van der Waals surface area contributed by atoms with Crippen molar-refractivity contribution in [1.29, 1.82) is 0 Å². The molecule has 7 nitrogen and oxygen atoms in total. The van der Waals surface area contributed by atoms with E-state index in [2.05, 4.69) is 10.6 Å². The highest BCUT2D eigenvalue weighted by Gasteiger charge is 2.28. The summed E-state index contributed by atoms with van der Waals surface area (Å²) in [6.07, 6.45) is 1.85. The lowest BCUT2D eigenvalue weighted by Crippen LogP contribution is -2.26. The van der Waals surface area contributed by atoms with Crippen LogP contribution in [0.5, 0.6) is 0 Å². The Morgan fingerprint density at radius 2 is 1.59 bits per heavy atom. The molecule has 8 heteroatoms. The molecular formula is C26H21FN2O5. The minimum Gasteiger partial charge on any atom is -0.478 e. The molecule has 0 spiro atoms. The summed E-state index contributed by atoms with van der Waals surface area (Å²) in [6.45, 7) is 0.186. The number of halogens is 1. The van der Waals surface area contributed by atoms with Gasteiger partial charge in [-0.2, -0.15) is 0 Å². The Morgan fingerprint density at radius 1 is 0.941 bits per heavy atom. The highest BCUT2D eigenvalue weighted by Crippen LogP contribution is 2.44. The maximum atomic E-state index is 14.1. The molecule has 3 aromatic rings. The number of nitrogens with one attached hydrogen (secondary N) is 2. The number of amides is 2. The Morgan fingerprint density at radius 3 is 2.24 bits per heavy atom. The van der Waals surface area contributed by atoms with Crippen molar-refractivity contribution < 1.29 is 28.6 Å². The highest BCUT2D eigenvalue weighted by atomic mass is 19.1. The first-order valence-corrected chi connectivity index (χ1v) is 10.5. The van der Waals surface area contributed by atoms with E-state index in [1.165, 1.54) is 18.2 Å². The summed E-state index contributed by atoms with van der Waals surface area (Å²) in [5.41, 5.74) is 3.68. The monoisotopic (exact) mass is 460 g/mol. The van der Waals surface area contributed by atoms with Crippen LogP contribution in [0.3, 0.4) is 0 Å². The van der Waals surface area contributed by atoms with E-state index in [1.807, 2.05) is 48.5 Å². The molecule has 0 atom stereocenters. The summed E-state index contributed by atoms with van der Waals surface area (Å²) in [7, 11) is 0. The fourth-order valence-electron chi connectivity index (χ4n) is 3.93. The third kappa shape index (κ3) is 4.80. The molecule has 3 N–H and O–H groups in total. The van der Waals surface area contributed by atoms with Gasteiger partial charge in [0.2, 0.25) is 5.91 Å². The molecule has 0 saturated carbocycles.